The van der Waals surface area contributed by atoms with Gasteiger partial charge in [0.25, 0.3) is 0 Å². The van der Waals surface area contributed by atoms with Crippen LogP contribution in [0.3, 0.4) is 0 Å². The van der Waals surface area contributed by atoms with E-state index in [1.165, 1.54) is 0 Å². The number of hydrogen-bond acceptors (Lipinski definition) is 9. The zero-order chi connectivity index (χ0) is 23.7. The molecule has 2 aliphatic carbocycles. The van der Waals surface area contributed by atoms with Crippen molar-refractivity contribution in [3.05, 3.63) is 28.4 Å². The van der Waals surface area contributed by atoms with Crippen LogP contribution >= 0.6 is 67.8 Å². The van der Waals surface area contributed by atoms with Crippen molar-refractivity contribution in [3.63, 3.8) is 0 Å². The van der Waals surface area contributed by atoms with Crippen molar-refractivity contribution in [2.75, 3.05) is 0 Å². The van der Waals surface area contributed by atoms with Crippen LogP contribution in [0.25, 0.3) is 0 Å². The summed E-state index contributed by atoms with van der Waals surface area (Å²) in [7, 11) is -6.32. The molecule has 15 heteroatoms. The monoisotopic (exact) mass is 809 g/mol. The van der Waals surface area contributed by atoms with Crippen molar-refractivity contribution in [2.24, 2.45) is 17.8 Å². The molecule has 0 spiro atoms. The number of ether oxygens (including phenoxy) is 3. The average molecular weight is 809 g/mol. The van der Waals surface area contributed by atoms with E-state index in [-0.39, 0.29) is 12.0 Å². The Kier molecular flexibility index (Phi) is 6.46. The van der Waals surface area contributed by atoms with Crippen LogP contribution in [0.4, 0.5) is 8.78 Å². The minimum Gasteiger partial charge on any atom is -0.743 e. The molecule has 1 saturated heterocycles. The molecule has 0 aromatic heterocycles. The minimum atomic E-state index is -6.32. The predicted octanol–water partition coefficient (Wildman–Crippen LogP) is 2.27. The lowest BCUT2D eigenvalue weighted by Gasteiger charge is -2.32. The largest absolute Gasteiger partial charge is 0.743 e. The molecule has 3 fully saturated rings. The second-order valence-electron chi connectivity index (χ2n) is 7.45. The van der Waals surface area contributed by atoms with Gasteiger partial charge in [-0.25, -0.2) is 18.0 Å². The Morgan fingerprint density at radius 3 is 2.41 bits per heavy atom. The number of benzene rings is 1. The Bertz CT molecular complexity index is 1140. The molecule has 0 amide bonds. The van der Waals surface area contributed by atoms with Gasteiger partial charge in [-0.1, -0.05) is 0 Å². The smallest absolute Gasteiger partial charge is 0.428 e. The number of hydrogen-bond donors (Lipinski definition) is 0. The average Bonchev–Trinajstić information content (AvgIpc) is 3.27. The topological polar surface area (TPSA) is 136 Å². The van der Waals surface area contributed by atoms with Crippen molar-refractivity contribution in [3.8, 4) is 0 Å². The Morgan fingerprint density at radius 2 is 1.78 bits per heavy atom. The van der Waals surface area contributed by atoms with Gasteiger partial charge < -0.3 is 18.8 Å². The number of carbonyl (C=O) groups excluding carboxylic acids is 3. The van der Waals surface area contributed by atoms with Gasteiger partial charge in [0.15, 0.2) is 10.1 Å². The summed E-state index contributed by atoms with van der Waals surface area (Å²) >= 11 is 6.04. The molecule has 3 aliphatic rings. The Morgan fingerprint density at radius 1 is 1.12 bits per heavy atom. The summed E-state index contributed by atoms with van der Waals surface area (Å²) < 4.78 is 77.0. The quantitative estimate of drug-likeness (QED) is 0.144. The summed E-state index contributed by atoms with van der Waals surface area (Å²) in [6.45, 7) is 0. The van der Waals surface area contributed by atoms with E-state index in [4.69, 9.17) is 9.47 Å². The van der Waals surface area contributed by atoms with Crippen LogP contribution in [-0.2, 0) is 33.9 Å². The number of alkyl halides is 2. The highest BCUT2D eigenvalue weighted by atomic mass is 127. The highest BCUT2D eigenvalue weighted by Crippen LogP contribution is 2.57. The first kappa shape index (κ1) is 24.7. The summed E-state index contributed by atoms with van der Waals surface area (Å²) in [5.74, 6) is -6.33. The van der Waals surface area contributed by atoms with Gasteiger partial charge in [0, 0.05) is 22.5 Å². The Labute approximate surface area is 220 Å². The zero-order valence-corrected chi connectivity index (χ0v) is 22.6. The van der Waals surface area contributed by atoms with E-state index >= 15 is 0 Å². The first-order valence-electron chi connectivity index (χ1n) is 8.84. The number of fused-ring (bicyclic) bond motifs is 1. The number of carbonyl (C=O) groups is 3. The molecule has 1 aromatic carbocycles. The van der Waals surface area contributed by atoms with Gasteiger partial charge in [0.2, 0.25) is 0 Å². The molecule has 2 saturated carbocycles. The maximum absolute atomic E-state index is 13.6. The fourth-order valence-electron chi connectivity index (χ4n) is 4.43. The van der Waals surface area contributed by atoms with Crippen LogP contribution in [0.5, 0.6) is 0 Å². The van der Waals surface area contributed by atoms with Crippen LogP contribution < -0.4 is 0 Å². The summed E-state index contributed by atoms with van der Waals surface area (Å²) in [4.78, 5) is 37.0. The molecule has 6 atom stereocenters. The van der Waals surface area contributed by atoms with E-state index in [2.05, 4.69) is 4.74 Å². The third-order valence-corrected chi connectivity index (χ3v) is 10.2. The van der Waals surface area contributed by atoms with E-state index in [0.29, 0.717) is 3.57 Å². The number of halogens is 5. The highest BCUT2D eigenvalue weighted by Gasteiger charge is 2.70. The highest BCUT2D eigenvalue weighted by molar-refractivity contribution is 14.1. The molecule has 4 rings (SSSR count). The van der Waals surface area contributed by atoms with Gasteiger partial charge >= 0.3 is 23.2 Å². The number of esters is 3. The van der Waals surface area contributed by atoms with Crippen molar-refractivity contribution in [2.45, 2.75) is 30.0 Å². The Hall–Kier alpha value is -0.410. The first-order valence-corrected chi connectivity index (χ1v) is 13.5. The van der Waals surface area contributed by atoms with Crippen molar-refractivity contribution in [1.82, 2.24) is 0 Å². The molecular weight excluding hydrogens is 799 g/mol. The van der Waals surface area contributed by atoms with Crippen LogP contribution in [-0.4, -0.2) is 54.4 Å². The fourth-order valence-corrected chi connectivity index (χ4v) is 7.06. The second-order valence-corrected chi connectivity index (χ2v) is 12.4. The lowest BCUT2D eigenvalue weighted by Crippen LogP contribution is -2.48. The third kappa shape index (κ3) is 3.92. The maximum Gasteiger partial charge on any atom is 0.428 e. The molecule has 174 valence electrons. The molecule has 2 bridgehead atoms. The second kappa shape index (κ2) is 8.36. The van der Waals surface area contributed by atoms with Gasteiger partial charge in [-0.15, -0.1) is 0 Å². The van der Waals surface area contributed by atoms with E-state index in [0.717, 1.165) is 7.14 Å². The molecule has 1 aromatic rings. The minimum absolute atomic E-state index is 0.174. The van der Waals surface area contributed by atoms with Crippen LogP contribution in [0.2, 0.25) is 0 Å². The number of rotatable bonds is 5. The van der Waals surface area contributed by atoms with Crippen LogP contribution in [0, 0.1) is 28.5 Å². The van der Waals surface area contributed by atoms with E-state index in [9.17, 15) is 36.1 Å². The predicted molar refractivity (Wildman–Crippen MR) is 123 cm³/mol. The lowest BCUT2D eigenvalue weighted by molar-refractivity contribution is -0.178. The van der Waals surface area contributed by atoms with E-state index < -0.39 is 69.3 Å². The van der Waals surface area contributed by atoms with Gasteiger partial charge in [-0.3, -0.25) is 4.79 Å². The standard InChI is InChI=1S/C17H11F2I3O9S/c18-17(19,32(26,27)28)16(25)31-13-7-3-5-9(15(24)30-12(5)13)11(7)29-14(23)6-1-4(20)2-8(21)10(6)22/h1-2,5,7,9,11-13H,3H2,(H,26,27,28)/p-1. The summed E-state index contributed by atoms with van der Waals surface area (Å²) in [5.41, 5.74) is 0.241. The molecule has 32 heavy (non-hydrogen) atoms. The maximum atomic E-state index is 13.6. The van der Waals surface area contributed by atoms with E-state index in [1.54, 1.807) is 6.07 Å². The molecular formula is C17H10F2I3O9S-. The van der Waals surface area contributed by atoms with Crippen LogP contribution in [0.1, 0.15) is 16.8 Å². The Balaban J connectivity index is 1.59. The van der Waals surface area contributed by atoms with Gasteiger partial charge in [-0.05, 0) is 86.3 Å². The SMILES string of the molecule is O=C(OC1C2CC3C(OC(=O)C31)C2OC(=O)C(F)(F)S(=O)(=O)[O-])c1cc(I)cc(I)c1I. The normalized spacial score (nSPS) is 30.9. The van der Waals surface area contributed by atoms with Crippen molar-refractivity contribution in [1.29, 1.82) is 0 Å². The van der Waals surface area contributed by atoms with Crippen molar-refractivity contribution >= 4 is 95.8 Å². The summed E-state index contributed by atoms with van der Waals surface area (Å²) in [5, 5.41) is -5.31. The molecule has 0 N–H and O–H groups in total. The first-order chi connectivity index (χ1) is 14.7. The molecule has 0 radical (unpaired) electrons. The fraction of sp³-hybridized carbons (Fsp3) is 0.471. The lowest BCUT2D eigenvalue weighted by atomic mass is 9.85. The summed E-state index contributed by atoms with van der Waals surface area (Å²) in [6, 6.07) is 3.43. The van der Waals surface area contributed by atoms with Crippen LogP contribution in [0.15, 0.2) is 12.1 Å². The van der Waals surface area contributed by atoms with E-state index in [1.807, 2.05) is 73.8 Å². The van der Waals surface area contributed by atoms with Crippen molar-refractivity contribution < 1.29 is 50.3 Å². The molecule has 6 unspecified atom stereocenters. The molecule has 9 nitrogen and oxygen atoms in total. The van der Waals surface area contributed by atoms with Gasteiger partial charge in [-0.2, -0.15) is 8.78 Å². The summed E-state index contributed by atoms with van der Waals surface area (Å²) in [6.07, 6.45) is -3.51. The van der Waals surface area contributed by atoms with Gasteiger partial charge in [0.05, 0.1) is 5.56 Å². The molecule has 1 heterocycles. The van der Waals surface area contributed by atoms with Gasteiger partial charge in [0.1, 0.15) is 24.2 Å². The molecule has 1 aliphatic heterocycles. The third-order valence-electron chi connectivity index (χ3n) is 5.72. The zero-order valence-electron chi connectivity index (χ0n) is 15.3.